The number of carbonyl (C=O) groups is 1. The lowest BCUT2D eigenvalue weighted by atomic mass is 9.77. The highest BCUT2D eigenvalue weighted by Gasteiger charge is 2.31. The normalized spacial score (nSPS) is 21.3. The number of primary amides is 1. The van der Waals surface area contributed by atoms with Crippen LogP contribution in [-0.2, 0) is 0 Å². The number of hydrogen-bond acceptors (Lipinski definition) is 9. The van der Waals surface area contributed by atoms with E-state index in [2.05, 4.69) is 36.4 Å². The van der Waals surface area contributed by atoms with Gasteiger partial charge in [0.2, 0.25) is 17.6 Å². The molecule has 0 radical (unpaired) electrons. The summed E-state index contributed by atoms with van der Waals surface area (Å²) < 4.78 is 11.1. The van der Waals surface area contributed by atoms with Gasteiger partial charge in [0, 0.05) is 37.2 Å². The minimum atomic E-state index is -0.460. The fraction of sp³-hybridized carbons (Fsp3) is 0.433. The van der Waals surface area contributed by atoms with Crippen molar-refractivity contribution in [1.82, 2.24) is 20.1 Å². The fourth-order valence-corrected chi connectivity index (χ4v) is 6.17. The van der Waals surface area contributed by atoms with Gasteiger partial charge in [-0.25, -0.2) is 4.98 Å². The van der Waals surface area contributed by atoms with E-state index < -0.39 is 5.91 Å². The van der Waals surface area contributed by atoms with Gasteiger partial charge in [0.1, 0.15) is 5.69 Å². The Morgan fingerprint density at radius 2 is 2.00 bits per heavy atom. The van der Waals surface area contributed by atoms with Crippen LogP contribution in [0.1, 0.15) is 61.2 Å². The van der Waals surface area contributed by atoms with E-state index in [4.69, 9.17) is 14.7 Å². The van der Waals surface area contributed by atoms with Crippen molar-refractivity contribution >= 4 is 17.6 Å². The molecule has 1 aliphatic carbocycles. The van der Waals surface area contributed by atoms with Gasteiger partial charge in [-0.2, -0.15) is 4.98 Å². The Bertz CT molecular complexity index is 1450. The molecule has 4 aromatic rings. The Morgan fingerprint density at radius 1 is 1.10 bits per heavy atom. The maximum atomic E-state index is 11.6. The predicted octanol–water partition coefficient (Wildman–Crippen LogP) is 5.47. The van der Waals surface area contributed by atoms with Crippen molar-refractivity contribution in [3.63, 3.8) is 0 Å². The van der Waals surface area contributed by atoms with Crippen molar-refractivity contribution in [3.8, 4) is 22.8 Å². The monoisotopic (exact) mass is 541 g/mol. The average Bonchev–Trinajstić information content (AvgIpc) is 3.64. The number of nitrogens with one attached hydrogen (secondary N) is 1. The number of aromatic nitrogens is 4. The summed E-state index contributed by atoms with van der Waals surface area (Å²) in [5, 5.41) is 7.57. The second-order valence-corrected chi connectivity index (χ2v) is 11.0. The van der Waals surface area contributed by atoms with E-state index in [1.165, 1.54) is 38.5 Å². The van der Waals surface area contributed by atoms with Crippen LogP contribution >= 0.6 is 0 Å². The zero-order valence-corrected chi connectivity index (χ0v) is 22.8. The molecule has 3 atom stereocenters. The van der Waals surface area contributed by atoms with E-state index in [0.29, 0.717) is 46.9 Å². The van der Waals surface area contributed by atoms with Crippen molar-refractivity contribution in [1.29, 1.82) is 0 Å². The summed E-state index contributed by atoms with van der Waals surface area (Å²) in [5.41, 5.74) is 8.54. The maximum Gasteiger partial charge on any atom is 0.295 e. The van der Waals surface area contributed by atoms with E-state index in [1.807, 2.05) is 18.3 Å². The van der Waals surface area contributed by atoms with Crippen LogP contribution in [0, 0.1) is 18.8 Å². The Balaban J connectivity index is 1.08. The average molecular weight is 542 g/mol. The summed E-state index contributed by atoms with van der Waals surface area (Å²) in [7, 11) is 0. The molecule has 1 aromatic carbocycles. The third kappa shape index (κ3) is 5.85. The van der Waals surface area contributed by atoms with Gasteiger partial charge in [-0.05, 0) is 68.2 Å². The molecule has 1 saturated heterocycles. The Morgan fingerprint density at radius 3 is 2.80 bits per heavy atom. The van der Waals surface area contributed by atoms with Gasteiger partial charge in [0.25, 0.3) is 6.01 Å². The minimum Gasteiger partial charge on any atom is -0.424 e. The quantitative estimate of drug-likeness (QED) is 0.297. The topological polar surface area (TPSA) is 136 Å². The van der Waals surface area contributed by atoms with Crippen LogP contribution in [0.3, 0.4) is 0 Å². The number of anilines is 2. The summed E-state index contributed by atoms with van der Waals surface area (Å²) in [5.74, 6) is 2.40. The molecule has 4 heterocycles. The number of amides is 1. The highest BCUT2D eigenvalue weighted by molar-refractivity contribution is 5.93. The second-order valence-electron chi connectivity index (χ2n) is 11.0. The molecule has 10 heteroatoms. The lowest BCUT2D eigenvalue weighted by Gasteiger charge is -2.39. The number of nitrogens with two attached hydrogens (primary N) is 1. The first-order chi connectivity index (χ1) is 19.5. The number of pyridine rings is 1. The molecule has 1 saturated carbocycles. The number of rotatable bonds is 8. The Labute approximate surface area is 233 Å². The van der Waals surface area contributed by atoms with Crippen LogP contribution in [0.4, 0.5) is 11.7 Å². The molecular weight excluding hydrogens is 506 g/mol. The smallest absolute Gasteiger partial charge is 0.295 e. The molecule has 1 aliphatic heterocycles. The van der Waals surface area contributed by atoms with E-state index in [1.54, 1.807) is 31.3 Å². The summed E-state index contributed by atoms with van der Waals surface area (Å²) in [6, 6.07) is 12.1. The van der Waals surface area contributed by atoms with E-state index in [-0.39, 0.29) is 0 Å². The molecule has 0 bridgehead atoms. The van der Waals surface area contributed by atoms with Crippen molar-refractivity contribution < 1.29 is 13.7 Å². The fourth-order valence-electron chi connectivity index (χ4n) is 6.17. The summed E-state index contributed by atoms with van der Waals surface area (Å²) >= 11 is 0. The molecule has 6 rings (SSSR count). The van der Waals surface area contributed by atoms with E-state index in [9.17, 15) is 4.79 Å². The van der Waals surface area contributed by atoms with Gasteiger partial charge >= 0.3 is 0 Å². The zero-order valence-electron chi connectivity index (χ0n) is 22.8. The maximum absolute atomic E-state index is 11.6. The first-order valence-corrected chi connectivity index (χ1v) is 14.2. The number of benzene rings is 1. The Hall–Kier alpha value is -4.21. The number of hydrogen-bond donors (Lipinski definition) is 2. The first kappa shape index (κ1) is 26.0. The second kappa shape index (κ2) is 11.5. The molecule has 3 N–H and O–H groups in total. The molecule has 1 amide bonds. The largest absolute Gasteiger partial charge is 0.424 e. The molecule has 10 nitrogen and oxygen atoms in total. The highest BCUT2D eigenvalue weighted by atomic mass is 16.5. The summed E-state index contributed by atoms with van der Waals surface area (Å²) in [4.78, 5) is 27.4. The van der Waals surface area contributed by atoms with Crippen molar-refractivity contribution in [2.24, 2.45) is 17.6 Å². The third-order valence-corrected chi connectivity index (χ3v) is 8.18. The van der Waals surface area contributed by atoms with Crippen LogP contribution in [0.2, 0.25) is 0 Å². The van der Waals surface area contributed by atoms with Crippen LogP contribution in [0.15, 0.2) is 57.7 Å². The summed E-state index contributed by atoms with van der Waals surface area (Å²) in [6.07, 6.45) is 12.0. The Kier molecular flexibility index (Phi) is 7.48. The lowest BCUT2D eigenvalue weighted by molar-refractivity contribution is 0.100. The van der Waals surface area contributed by atoms with Crippen molar-refractivity contribution in [3.05, 3.63) is 60.2 Å². The standard InChI is InChI=1S/C30H35N7O3/c1-19-34-29(36-40-19)26-12-11-24(16-32-26)37-13-5-6-20(18-37)14-21-7-2-3-10-25(21)35-30-33-17-27(39-30)22-8-4-9-23(15-22)28(31)38/h4,8-9,11-12,15-17,20-21,25H,2-3,5-7,10,13-14,18H2,1H3,(H2,31,38)(H,33,35)/t20-,21+,25-/m1/s1. The van der Waals surface area contributed by atoms with Gasteiger partial charge in [-0.3, -0.25) is 9.78 Å². The SMILES string of the molecule is Cc1nc(-c2ccc(N3CCC[C@H](C[C@@H]4CCCC[C@H]4Nc4ncc(-c5cccc(C(N)=O)c5)o4)C3)cn2)no1. The molecule has 0 spiro atoms. The number of piperidine rings is 1. The van der Waals surface area contributed by atoms with Crippen LogP contribution in [0.25, 0.3) is 22.8 Å². The van der Waals surface area contributed by atoms with Gasteiger partial charge in [-0.15, -0.1) is 0 Å². The molecule has 0 unspecified atom stereocenters. The zero-order chi connectivity index (χ0) is 27.5. The predicted molar refractivity (Wildman–Crippen MR) is 152 cm³/mol. The molecular formula is C30H35N7O3. The van der Waals surface area contributed by atoms with Gasteiger partial charge in [0.05, 0.1) is 18.1 Å². The first-order valence-electron chi connectivity index (χ1n) is 14.2. The molecule has 3 aromatic heterocycles. The number of nitrogens with zero attached hydrogens (tertiary/aromatic N) is 5. The molecule has 208 valence electrons. The molecule has 40 heavy (non-hydrogen) atoms. The third-order valence-electron chi connectivity index (χ3n) is 8.18. The highest BCUT2D eigenvalue weighted by Crippen LogP contribution is 2.36. The molecule has 2 aliphatic rings. The van der Waals surface area contributed by atoms with Crippen LogP contribution in [-0.4, -0.2) is 45.1 Å². The van der Waals surface area contributed by atoms with Gasteiger partial charge in [0.15, 0.2) is 5.76 Å². The lowest BCUT2D eigenvalue weighted by Crippen LogP contribution is -2.39. The number of carbonyl (C=O) groups excluding carboxylic acids is 1. The van der Waals surface area contributed by atoms with Gasteiger partial charge < -0.3 is 24.9 Å². The van der Waals surface area contributed by atoms with E-state index >= 15 is 0 Å². The van der Waals surface area contributed by atoms with Gasteiger partial charge in [-0.1, -0.05) is 30.1 Å². The minimum absolute atomic E-state index is 0.326. The number of oxazole rings is 1. The van der Waals surface area contributed by atoms with Crippen LogP contribution < -0.4 is 16.0 Å². The number of aryl methyl sites for hydroxylation is 1. The van der Waals surface area contributed by atoms with Crippen LogP contribution in [0.5, 0.6) is 0 Å². The van der Waals surface area contributed by atoms with E-state index in [0.717, 1.165) is 36.5 Å². The summed E-state index contributed by atoms with van der Waals surface area (Å²) in [6.45, 7) is 3.85. The van der Waals surface area contributed by atoms with Crippen molar-refractivity contribution in [2.75, 3.05) is 23.3 Å². The molecule has 2 fully saturated rings. The van der Waals surface area contributed by atoms with Crippen molar-refractivity contribution in [2.45, 2.75) is 57.9 Å².